The van der Waals surface area contributed by atoms with Crippen LogP contribution in [0.3, 0.4) is 0 Å². The summed E-state index contributed by atoms with van der Waals surface area (Å²) < 4.78 is 47.1. The second kappa shape index (κ2) is 10.5. The number of furan rings is 1. The Morgan fingerprint density at radius 2 is 1.69 bits per heavy atom. The van der Waals surface area contributed by atoms with Crippen molar-refractivity contribution in [3.05, 3.63) is 112 Å². The number of carbonyl (C=O) groups excluding carboxylic acids is 1. The molecule has 0 saturated carbocycles. The number of halogens is 2. The van der Waals surface area contributed by atoms with Crippen LogP contribution in [0, 0.1) is 5.82 Å². The Balaban J connectivity index is 1.56. The molecule has 6 aromatic rings. The van der Waals surface area contributed by atoms with E-state index in [-0.39, 0.29) is 17.8 Å². The number of hydrogen-bond acceptors (Lipinski definition) is 4. The minimum absolute atomic E-state index is 0.193. The van der Waals surface area contributed by atoms with Crippen LogP contribution in [0.1, 0.15) is 21.7 Å². The quantitative estimate of drug-likeness (QED) is 0.191. The van der Waals surface area contributed by atoms with Gasteiger partial charge in [-0.2, -0.15) is 0 Å². The molecule has 0 fully saturated rings. The van der Waals surface area contributed by atoms with Crippen molar-refractivity contribution in [2.45, 2.75) is 6.42 Å². The summed E-state index contributed by atoms with van der Waals surface area (Å²) in [4.78, 5) is 16.2. The van der Waals surface area contributed by atoms with E-state index < -0.39 is 15.9 Å². The van der Waals surface area contributed by atoms with Crippen LogP contribution < -0.4 is 10.0 Å². The van der Waals surface area contributed by atoms with Gasteiger partial charge in [0.15, 0.2) is 0 Å². The van der Waals surface area contributed by atoms with Gasteiger partial charge in [0.25, 0.3) is 5.91 Å². The Hall–Kier alpha value is -4.41. The highest BCUT2D eigenvalue weighted by atomic mass is 79.9. The molecule has 4 aromatic carbocycles. The molecule has 10 heteroatoms. The van der Waals surface area contributed by atoms with E-state index in [1.165, 1.54) is 23.5 Å². The smallest absolute Gasteiger partial charge is 0.252 e. The number of aromatic amines is 1. The molecule has 0 atom stereocenters. The fourth-order valence-corrected chi connectivity index (χ4v) is 6.37. The first-order valence-electron chi connectivity index (χ1n) is 13.0. The van der Waals surface area contributed by atoms with Gasteiger partial charge in [0.2, 0.25) is 10.0 Å². The summed E-state index contributed by atoms with van der Waals surface area (Å²) in [5, 5.41) is 1.49. The summed E-state index contributed by atoms with van der Waals surface area (Å²) in [7, 11) is -2.20. The number of para-hydroxylation sites is 1. The molecule has 42 heavy (non-hydrogen) atoms. The van der Waals surface area contributed by atoms with Crippen molar-refractivity contribution in [2.75, 3.05) is 17.6 Å². The van der Waals surface area contributed by atoms with E-state index in [1.54, 1.807) is 24.3 Å². The number of nitrogens with zero attached hydrogens (tertiary/aromatic N) is 1. The first-order valence-corrected chi connectivity index (χ1v) is 15.6. The predicted molar refractivity (Wildman–Crippen MR) is 168 cm³/mol. The van der Waals surface area contributed by atoms with Crippen LogP contribution in [-0.2, 0) is 16.4 Å². The molecule has 1 amide bonds. The fourth-order valence-electron chi connectivity index (χ4n) is 5.18. The van der Waals surface area contributed by atoms with Gasteiger partial charge in [0.1, 0.15) is 17.2 Å². The third-order valence-electron chi connectivity index (χ3n) is 7.35. The van der Waals surface area contributed by atoms with Crippen molar-refractivity contribution in [1.82, 2.24) is 4.98 Å². The molecule has 0 unspecified atom stereocenters. The summed E-state index contributed by atoms with van der Waals surface area (Å²) in [5.74, 6) is -0.750. The second-order valence-corrected chi connectivity index (χ2v) is 12.9. The predicted octanol–water partition coefficient (Wildman–Crippen LogP) is 7.24. The lowest BCUT2D eigenvalue weighted by molar-refractivity contribution is 0.1000. The zero-order valence-electron chi connectivity index (χ0n) is 22.6. The summed E-state index contributed by atoms with van der Waals surface area (Å²) in [5.41, 5.74) is 11.5. The molecular weight excluding hydrogens is 621 g/mol. The van der Waals surface area contributed by atoms with Crippen LogP contribution in [0.25, 0.3) is 44.3 Å². The highest BCUT2D eigenvalue weighted by Crippen LogP contribution is 2.41. The van der Waals surface area contributed by atoms with Gasteiger partial charge in [-0.25, -0.2) is 12.8 Å². The van der Waals surface area contributed by atoms with Crippen LogP contribution in [0.15, 0.2) is 93.8 Å². The fraction of sp³-hybridized carbons (Fsp3) is 0.0938. The van der Waals surface area contributed by atoms with E-state index in [9.17, 15) is 17.6 Å². The van der Waals surface area contributed by atoms with Crippen LogP contribution >= 0.6 is 15.9 Å². The van der Waals surface area contributed by atoms with E-state index in [1.807, 2.05) is 48.5 Å². The number of amides is 1. The van der Waals surface area contributed by atoms with Crippen molar-refractivity contribution in [3.63, 3.8) is 0 Å². The normalized spacial score (nSPS) is 11.8. The molecular formula is C32H25BrFN3O4S. The SMILES string of the molecule is CN(c1cc2oc(Cc3ccc(F)cc3)c(C(N)=O)c2cc1-c1cccc(-c2[nH]c3ccccc3c2Br)c1)S(C)(=O)=O. The summed E-state index contributed by atoms with van der Waals surface area (Å²) in [6.45, 7) is 0. The summed E-state index contributed by atoms with van der Waals surface area (Å²) >= 11 is 3.72. The molecule has 0 spiro atoms. The molecule has 0 aliphatic carbocycles. The van der Waals surface area contributed by atoms with Crippen LogP contribution in [0.5, 0.6) is 0 Å². The monoisotopic (exact) mass is 645 g/mol. The molecule has 0 aliphatic rings. The Morgan fingerprint density at radius 1 is 0.976 bits per heavy atom. The van der Waals surface area contributed by atoms with E-state index in [2.05, 4.69) is 20.9 Å². The Morgan fingerprint density at radius 3 is 2.38 bits per heavy atom. The van der Waals surface area contributed by atoms with Crippen LogP contribution in [0.4, 0.5) is 10.1 Å². The number of primary amides is 1. The van der Waals surface area contributed by atoms with Gasteiger partial charge in [-0.1, -0.05) is 48.5 Å². The Labute approximate surface area is 249 Å². The number of rotatable bonds is 7. The van der Waals surface area contributed by atoms with Gasteiger partial charge in [-0.05, 0) is 63.0 Å². The Bertz CT molecular complexity index is 2120. The van der Waals surface area contributed by atoms with Crippen LogP contribution in [0.2, 0.25) is 0 Å². The summed E-state index contributed by atoms with van der Waals surface area (Å²) in [6, 6.07) is 24.9. The van der Waals surface area contributed by atoms with E-state index in [4.69, 9.17) is 10.2 Å². The van der Waals surface area contributed by atoms with Gasteiger partial charge in [0, 0.05) is 41.4 Å². The maximum Gasteiger partial charge on any atom is 0.252 e. The number of anilines is 1. The largest absolute Gasteiger partial charge is 0.460 e. The van der Waals surface area contributed by atoms with Crippen molar-refractivity contribution >= 4 is 59.4 Å². The average Bonchev–Trinajstić information content (AvgIpc) is 3.49. The molecule has 0 aliphatic heterocycles. The molecule has 3 N–H and O–H groups in total. The van der Waals surface area contributed by atoms with E-state index >= 15 is 0 Å². The van der Waals surface area contributed by atoms with Crippen molar-refractivity contribution in [3.8, 4) is 22.4 Å². The number of nitrogens with one attached hydrogen (secondary N) is 1. The molecule has 6 rings (SSSR count). The minimum Gasteiger partial charge on any atom is -0.460 e. The number of aromatic nitrogens is 1. The zero-order valence-corrected chi connectivity index (χ0v) is 25.0. The van der Waals surface area contributed by atoms with E-state index in [0.717, 1.165) is 44.0 Å². The minimum atomic E-state index is -3.66. The molecule has 7 nitrogen and oxygen atoms in total. The molecule has 2 heterocycles. The van der Waals surface area contributed by atoms with Gasteiger partial charge in [-0.15, -0.1) is 0 Å². The third-order valence-corrected chi connectivity index (χ3v) is 9.36. The Kier molecular flexibility index (Phi) is 6.90. The standard InChI is InChI=1S/C32H25BrFN3O4S/c1-37(42(2,39)40)26-17-27-24(29(32(35)38)28(41-27)14-18-10-12-21(34)13-11-18)16-23(26)19-6-5-7-20(15-19)31-30(33)22-8-3-4-9-25(22)36-31/h3-13,15-17,36H,14H2,1-2H3,(H2,35,38). The molecule has 212 valence electrons. The highest BCUT2D eigenvalue weighted by Gasteiger charge is 2.25. The third kappa shape index (κ3) is 4.97. The average molecular weight is 647 g/mol. The lowest BCUT2D eigenvalue weighted by Crippen LogP contribution is -2.25. The number of nitrogens with two attached hydrogens (primary N) is 1. The lowest BCUT2D eigenvalue weighted by Gasteiger charge is -2.21. The molecule has 0 saturated heterocycles. The second-order valence-electron chi connectivity index (χ2n) is 10.1. The van der Waals surface area contributed by atoms with Gasteiger partial charge in [0.05, 0.1) is 27.7 Å². The number of sulfonamides is 1. The molecule has 0 bridgehead atoms. The summed E-state index contributed by atoms with van der Waals surface area (Å²) in [6.07, 6.45) is 1.32. The lowest BCUT2D eigenvalue weighted by atomic mass is 9.97. The first-order chi connectivity index (χ1) is 20.0. The zero-order chi connectivity index (χ0) is 29.8. The number of fused-ring (bicyclic) bond motifs is 2. The number of carbonyl (C=O) groups is 1. The first kappa shape index (κ1) is 27.7. The number of benzene rings is 4. The van der Waals surface area contributed by atoms with Crippen LogP contribution in [-0.4, -0.2) is 32.6 Å². The van der Waals surface area contributed by atoms with Crippen molar-refractivity contribution in [1.29, 1.82) is 0 Å². The molecule has 0 radical (unpaired) electrons. The topological polar surface area (TPSA) is 109 Å². The van der Waals surface area contributed by atoms with Gasteiger partial charge >= 0.3 is 0 Å². The maximum absolute atomic E-state index is 13.5. The maximum atomic E-state index is 13.5. The molecule has 2 aromatic heterocycles. The van der Waals surface area contributed by atoms with Crippen molar-refractivity contribution < 1.29 is 22.0 Å². The van der Waals surface area contributed by atoms with Gasteiger partial charge in [-0.3, -0.25) is 9.10 Å². The van der Waals surface area contributed by atoms with E-state index in [0.29, 0.717) is 28.0 Å². The number of hydrogen-bond donors (Lipinski definition) is 2. The number of H-pyrrole nitrogens is 1. The highest BCUT2D eigenvalue weighted by molar-refractivity contribution is 9.10. The van der Waals surface area contributed by atoms with Crippen molar-refractivity contribution in [2.24, 2.45) is 5.73 Å². The van der Waals surface area contributed by atoms with Gasteiger partial charge < -0.3 is 15.1 Å².